The van der Waals surface area contributed by atoms with E-state index in [0.717, 1.165) is 0 Å². The Labute approximate surface area is 127 Å². The zero-order valence-electron chi connectivity index (χ0n) is 11.3. The Morgan fingerprint density at radius 1 is 0.952 bits per heavy atom. The molecule has 1 heterocycles. The Morgan fingerprint density at radius 2 is 1.52 bits per heavy atom. The van der Waals surface area contributed by atoms with Crippen molar-refractivity contribution in [2.24, 2.45) is 35.5 Å². The Balaban J connectivity index is 1.62. The van der Waals surface area contributed by atoms with Crippen LogP contribution in [0.4, 0.5) is 5.69 Å². The summed E-state index contributed by atoms with van der Waals surface area (Å²) in [6.07, 6.45) is 5.55. The van der Waals surface area contributed by atoms with Gasteiger partial charge in [0.15, 0.2) is 0 Å². The van der Waals surface area contributed by atoms with Crippen LogP contribution in [0.25, 0.3) is 0 Å². The molecule has 4 heteroatoms. The third-order valence-corrected chi connectivity index (χ3v) is 6.08. The molecule has 6 atom stereocenters. The fourth-order valence-electron chi connectivity index (χ4n) is 4.83. The molecule has 106 valence electrons. The molecule has 0 aromatic heterocycles. The van der Waals surface area contributed by atoms with Crippen LogP contribution in [0, 0.1) is 35.5 Å². The van der Waals surface area contributed by atoms with Crippen molar-refractivity contribution in [3.8, 4) is 0 Å². The minimum atomic E-state index is -0.160. The Morgan fingerprint density at radius 3 is 2.10 bits per heavy atom. The zero-order chi connectivity index (χ0) is 14.3. The number of hydrogen-bond donors (Lipinski definition) is 0. The van der Waals surface area contributed by atoms with Crippen molar-refractivity contribution in [3.63, 3.8) is 0 Å². The quantitative estimate of drug-likeness (QED) is 0.591. The molecule has 21 heavy (non-hydrogen) atoms. The van der Waals surface area contributed by atoms with E-state index in [0.29, 0.717) is 22.5 Å². The van der Waals surface area contributed by atoms with E-state index in [1.54, 1.807) is 12.1 Å². The maximum atomic E-state index is 12.9. The normalized spacial score (nSPS) is 42.2. The highest BCUT2D eigenvalue weighted by molar-refractivity contribution is 6.36. The van der Waals surface area contributed by atoms with E-state index in [-0.39, 0.29) is 35.5 Å². The van der Waals surface area contributed by atoms with Gasteiger partial charge in [0, 0.05) is 0 Å². The zero-order valence-corrected chi connectivity index (χ0v) is 12.0. The monoisotopic (exact) mass is 299 g/mol. The van der Waals surface area contributed by atoms with Gasteiger partial charge in [-0.15, -0.1) is 0 Å². The number of imide groups is 1. The lowest BCUT2D eigenvalue weighted by Gasteiger charge is -2.37. The second kappa shape index (κ2) is 3.77. The highest BCUT2D eigenvalue weighted by Gasteiger charge is 2.67. The van der Waals surface area contributed by atoms with Crippen LogP contribution in [0.1, 0.15) is 6.42 Å². The summed E-state index contributed by atoms with van der Waals surface area (Å²) < 4.78 is 0. The number of halogens is 1. The number of carbonyl (C=O) groups excluding carboxylic acids is 2. The van der Waals surface area contributed by atoms with Crippen molar-refractivity contribution in [1.82, 2.24) is 0 Å². The Bertz CT molecular complexity index is 676. The van der Waals surface area contributed by atoms with Gasteiger partial charge in [0.25, 0.3) is 0 Å². The predicted octanol–water partition coefficient (Wildman–Crippen LogP) is 2.90. The average Bonchev–Trinajstić information content (AvgIpc) is 3.26. The van der Waals surface area contributed by atoms with E-state index in [9.17, 15) is 9.59 Å². The fourth-order valence-corrected chi connectivity index (χ4v) is 5.05. The molecule has 2 bridgehead atoms. The number of para-hydroxylation sites is 1. The molecule has 1 aromatic carbocycles. The predicted molar refractivity (Wildman–Crippen MR) is 78.6 cm³/mol. The first-order chi connectivity index (χ1) is 10.2. The van der Waals surface area contributed by atoms with Gasteiger partial charge in [-0.05, 0) is 42.2 Å². The third kappa shape index (κ3) is 1.35. The molecule has 0 unspecified atom stereocenters. The van der Waals surface area contributed by atoms with Gasteiger partial charge >= 0.3 is 0 Å². The van der Waals surface area contributed by atoms with Gasteiger partial charge in [0.05, 0.1) is 22.5 Å². The molecule has 1 aliphatic heterocycles. The lowest BCUT2D eigenvalue weighted by Crippen LogP contribution is -2.40. The topological polar surface area (TPSA) is 37.4 Å². The number of anilines is 1. The van der Waals surface area contributed by atoms with Gasteiger partial charge in [-0.1, -0.05) is 35.9 Å². The van der Waals surface area contributed by atoms with Crippen molar-refractivity contribution < 1.29 is 9.59 Å². The molecule has 0 spiro atoms. The van der Waals surface area contributed by atoms with Crippen molar-refractivity contribution in [3.05, 3.63) is 41.4 Å². The number of amides is 2. The molecule has 3 fully saturated rings. The maximum Gasteiger partial charge on any atom is 0.238 e. The third-order valence-electron chi connectivity index (χ3n) is 5.76. The van der Waals surface area contributed by atoms with Crippen LogP contribution in [0.3, 0.4) is 0 Å². The van der Waals surface area contributed by atoms with Crippen LogP contribution in [0.5, 0.6) is 0 Å². The standard InChI is InChI=1S/C17H14ClNO2/c18-12-3-1-2-4-13(12)19-16(20)14-8-5-6-9(11-7-10(8)11)15(14)17(19)21/h1-6,8-11,14-15H,7H2/t8-,9-,10-,11-,14+,15+/m0/s1. The first-order valence-electron chi connectivity index (χ1n) is 7.49. The van der Waals surface area contributed by atoms with Gasteiger partial charge in [-0.2, -0.15) is 0 Å². The van der Waals surface area contributed by atoms with Gasteiger partial charge in [0.1, 0.15) is 0 Å². The first kappa shape index (κ1) is 12.0. The average molecular weight is 300 g/mol. The smallest absolute Gasteiger partial charge is 0.238 e. The van der Waals surface area contributed by atoms with Crippen LogP contribution in [-0.2, 0) is 9.59 Å². The van der Waals surface area contributed by atoms with Crippen LogP contribution in [-0.4, -0.2) is 11.8 Å². The van der Waals surface area contributed by atoms with E-state index in [4.69, 9.17) is 11.6 Å². The van der Waals surface area contributed by atoms with Gasteiger partial charge in [-0.25, -0.2) is 4.90 Å². The largest absolute Gasteiger partial charge is 0.274 e. The Kier molecular flexibility index (Phi) is 2.15. The van der Waals surface area contributed by atoms with Crippen LogP contribution in [0.2, 0.25) is 5.02 Å². The minimum Gasteiger partial charge on any atom is -0.274 e. The highest BCUT2D eigenvalue weighted by atomic mass is 35.5. The molecule has 3 nitrogen and oxygen atoms in total. The molecule has 1 aromatic rings. The van der Waals surface area contributed by atoms with Crippen molar-refractivity contribution >= 4 is 29.1 Å². The number of allylic oxidation sites excluding steroid dienone is 2. The molecule has 6 rings (SSSR count). The molecular formula is C17H14ClNO2. The second-order valence-corrected chi connectivity index (χ2v) is 7.03. The highest BCUT2D eigenvalue weighted by Crippen LogP contribution is 2.65. The number of nitrogens with zero attached hydrogens (tertiary/aromatic N) is 1. The molecule has 0 radical (unpaired) electrons. The van der Waals surface area contributed by atoms with E-state index < -0.39 is 0 Å². The molecule has 2 saturated carbocycles. The van der Waals surface area contributed by atoms with E-state index in [1.807, 2.05) is 12.1 Å². The molecule has 2 amide bonds. The summed E-state index contributed by atoms with van der Waals surface area (Å²) in [6.45, 7) is 0. The van der Waals surface area contributed by atoms with Crippen LogP contribution >= 0.6 is 11.6 Å². The number of rotatable bonds is 1. The molecular weight excluding hydrogens is 286 g/mol. The molecule has 1 saturated heterocycles. The summed E-state index contributed by atoms with van der Waals surface area (Å²) >= 11 is 6.20. The van der Waals surface area contributed by atoms with Crippen molar-refractivity contribution in [2.75, 3.05) is 4.90 Å². The summed E-state index contributed by atoms with van der Waals surface area (Å²) in [7, 11) is 0. The molecule has 0 N–H and O–H groups in total. The maximum absolute atomic E-state index is 12.9. The molecule has 4 aliphatic carbocycles. The van der Waals surface area contributed by atoms with Crippen LogP contribution < -0.4 is 4.90 Å². The van der Waals surface area contributed by atoms with E-state index in [2.05, 4.69) is 12.2 Å². The van der Waals surface area contributed by atoms with Crippen LogP contribution in [0.15, 0.2) is 36.4 Å². The summed E-state index contributed by atoms with van der Waals surface area (Å²) in [4.78, 5) is 27.1. The van der Waals surface area contributed by atoms with Gasteiger partial charge in [-0.3, -0.25) is 9.59 Å². The van der Waals surface area contributed by atoms with E-state index in [1.165, 1.54) is 11.3 Å². The minimum absolute atomic E-state index is 0.0530. The number of carbonyl (C=O) groups is 2. The summed E-state index contributed by atoms with van der Waals surface area (Å²) in [6, 6.07) is 7.10. The lowest BCUT2D eigenvalue weighted by molar-refractivity contribution is -0.124. The Hall–Kier alpha value is -1.61. The number of hydrogen-bond acceptors (Lipinski definition) is 2. The first-order valence-corrected chi connectivity index (χ1v) is 7.87. The van der Waals surface area contributed by atoms with Gasteiger partial charge < -0.3 is 0 Å². The summed E-state index contributed by atoms with van der Waals surface area (Å²) in [5.74, 6) is 1.35. The second-order valence-electron chi connectivity index (χ2n) is 6.62. The van der Waals surface area contributed by atoms with Gasteiger partial charge in [0.2, 0.25) is 11.8 Å². The summed E-state index contributed by atoms with van der Waals surface area (Å²) in [5, 5.41) is 0.461. The van der Waals surface area contributed by atoms with Crippen molar-refractivity contribution in [2.45, 2.75) is 6.42 Å². The number of benzene rings is 1. The van der Waals surface area contributed by atoms with Crippen molar-refractivity contribution in [1.29, 1.82) is 0 Å². The fraction of sp³-hybridized carbons (Fsp3) is 0.412. The van der Waals surface area contributed by atoms with E-state index >= 15 is 0 Å². The molecule has 5 aliphatic rings. The summed E-state index contributed by atoms with van der Waals surface area (Å²) in [5.41, 5.74) is 0.539. The SMILES string of the molecule is O=C1[C@@H]2[C@H]3C=C[C@@H]([C@@H]4C[C@@H]34)[C@H]2C(=O)N1c1ccccc1Cl. The lowest BCUT2D eigenvalue weighted by atomic mass is 9.63.